The standard InChI is InChI=1S/C10H13F3N4O2S/c11-10(12,13)20-5-8(18)14-6-1-2-7-15-16-9(19)17(7)4-3-6/h6H,1-5H2,(H,14,18)(H,16,19). The highest BCUT2D eigenvalue weighted by Gasteiger charge is 2.29. The summed E-state index contributed by atoms with van der Waals surface area (Å²) in [7, 11) is 0. The van der Waals surface area contributed by atoms with Crippen LogP contribution in [0.2, 0.25) is 0 Å². The van der Waals surface area contributed by atoms with Crippen molar-refractivity contribution < 1.29 is 18.0 Å². The third kappa shape index (κ3) is 4.02. The van der Waals surface area contributed by atoms with Gasteiger partial charge in [0.2, 0.25) is 5.91 Å². The number of thioether (sulfide) groups is 1. The van der Waals surface area contributed by atoms with Crippen LogP contribution in [0.3, 0.4) is 0 Å². The van der Waals surface area contributed by atoms with Crippen molar-refractivity contribution in [2.24, 2.45) is 0 Å². The van der Waals surface area contributed by atoms with E-state index in [1.54, 1.807) is 0 Å². The predicted octanol–water partition coefficient (Wildman–Crippen LogP) is 0.645. The summed E-state index contributed by atoms with van der Waals surface area (Å²) in [5, 5.41) is 8.76. The molecule has 1 aromatic rings. The lowest BCUT2D eigenvalue weighted by molar-refractivity contribution is -0.119. The number of fused-ring (bicyclic) bond motifs is 1. The minimum Gasteiger partial charge on any atom is -0.353 e. The average molecular weight is 310 g/mol. The molecule has 2 N–H and O–H groups in total. The first-order valence-electron chi connectivity index (χ1n) is 5.99. The lowest BCUT2D eigenvalue weighted by Gasteiger charge is -2.16. The van der Waals surface area contributed by atoms with Crippen molar-refractivity contribution in [2.75, 3.05) is 5.75 Å². The second kappa shape index (κ2) is 5.90. The SMILES string of the molecule is O=C(CSC(F)(F)F)NC1CCc2n[nH]c(=O)n2CC1. The van der Waals surface area contributed by atoms with Gasteiger partial charge >= 0.3 is 11.2 Å². The number of aromatic amines is 1. The quantitative estimate of drug-likeness (QED) is 0.859. The molecule has 1 atom stereocenters. The molecule has 0 bridgehead atoms. The van der Waals surface area contributed by atoms with E-state index in [9.17, 15) is 22.8 Å². The van der Waals surface area contributed by atoms with Gasteiger partial charge in [-0.3, -0.25) is 9.36 Å². The number of amides is 1. The summed E-state index contributed by atoms with van der Waals surface area (Å²) in [6.07, 6.45) is 1.54. The van der Waals surface area contributed by atoms with Gasteiger partial charge in [0.05, 0.1) is 5.75 Å². The van der Waals surface area contributed by atoms with Gasteiger partial charge in [-0.25, -0.2) is 9.89 Å². The van der Waals surface area contributed by atoms with Gasteiger partial charge in [-0.2, -0.15) is 18.3 Å². The highest BCUT2D eigenvalue weighted by atomic mass is 32.2. The summed E-state index contributed by atoms with van der Waals surface area (Å²) >= 11 is -0.358. The van der Waals surface area contributed by atoms with E-state index in [2.05, 4.69) is 15.5 Å². The summed E-state index contributed by atoms with van der Waals surface area (Å²) < 4.78 is 37.4. The molecule has 6 nitrogen and oxygen atoms in total. The van der Waals surface area contributed by atoms with Crippen LogP contribution in [0.25, 0.3) is 0 Å². The van der Waals surface area contributed by atoms with E-state index in [1.807, 2.05) is 0 Å². The van der Waals surface area contributed by atoms with Crippen molar-refractivity contribution in [3.05, 3.63) is 16.3 Å². The number of carbonyl (C=O) groups is 1. The van der Waals surface area contributed by atoms with Crippen LogP contribution in [-0.2, 0) is 17.8 Å². The van der Waals surface area contributed by atoms with Crippen LogP contribution < -0.4 is 11.0 Å². The molecule has 1 amide bonds. The fourth-order valence-corrected chi connectivity index (χ4v) is 2.44. The highest BCUT2D eigenvalue weighted by molar-refractivity contribution is 8.00. The first kappa shape index (κ1) is 14.9. The molecular formula is C10H13F3N4O2S. The van der Waals surface area contributed by atoms with E-state index < -0.39 is 17.2 Å². The second-order valence-electron chi connectivity index (χ2n) is 4.42. The largest absolute Gasteiger partial charge is 0.442 e. The fraction of sp³-hybridized carbons (Fsp3) is 0.700. The molecule has 112 valence electrons. The zero-order valence-electron chi connectivity index (χ0n) is 10.4. The zero-order chi connectivity index (χ0) is 14.8. The van der Waals surface area contributed by atoms with Crippen molar-refractivity contribution in [2.45, 2.75) is 37.4 Å². The number of nitrogens with zero attached hydrogens (tertiary/aromatic N) is 2. The first-order chi connectivity index (χ1) is 9.35. The van der Waals surface area contributed by atoms with Crippen molar-refractivity contribution in [3.8, 4) is 0 Å². The Bertz CT molecular complexity index is 539. The molecular weight excluding hydrogens is 297 g/mol. The van der Waals surface area contributed by atoms with Crippen LogP contribution in [-0.4, -0.2) is 38.0 Å². The molecule has 0 spiro atoms. The van der Waals surface area contributed by atoms with Crippen LogP contribution in [0, 0.1) is 0 Å². The molecule has 0 fully saturated rings. The van der Waals surface area contributed by atoms with Crippen molar-refractivity contribution in [1.82, 2.24) is 20.1 Å². The Kier molecular flexibility index (Phi) is 4.41. The number of aryl methyl sites for hydroxylation is 1. The molecule has 1 aliphatic rings. The number of hydrogen-bond acceptors (Lipinski definition) is 4. The third-order valence-corrected chi connectivity index (χ3v) is 3.72. The molecule has 1 unspecified atom stereocenters. The molecule has 20 heavy (non-hydrogen) atoms. The fourth-order valence-electron chi connectivity index (χ4n) is 2.07. The summed E-state index contributed by atoms with van der Waals surface area (Å²) in [6, 6.07) is -0.238. The lowest BCUT2D eigenvalue weighted by atomic mass is 10.1. The maximum atomic E-state index is 12.0. The van der Waals surface area contributed by atoms with Gasteiger partial charge in [-0.05, 0) is 24.6 Å². The number of rotatable bonds is 3. The smallest absolute Gasteiger partial charge is 0.353 e. The molecule has 2 heterocycles. The van der Waals surface area contributed by atoms with Crippen LogP contribution in [0.15, 0.2) is 4.79 Å². The normalized spacial score (nSPS) is 19.2. The summed E-state index contributed by atoms with van der Waals surface area (Å²) in [5.74, 6) is -0.687. The molecule has 1 aliphatic heterocycles. The molecule has 0 aliphatic carbocycles. The highest BCUT2D eigenvalue weighted by Crippen LogP contribution is 2.29. The van der Waals surface area contributed by atoms with Crippen LogP contribution in [0.1, 0.15) is 18.7 Å². The van der Waals surface area contributed by atoms with E-state index in [4.69, 9.17) is 0 Å². The minimum absolute atomic E-state index is 0.238. The number of alkyl halides is 3. The van der Waals surface area contributed by atoms with Crippen molar-refractivity contribution in [3.63, 3.8) is 0 Å². The van der Waals surface area contributed by atoms with Gasteiger partial charge < -0.3 is 5.32 Å². The van der Waals surface area contributed by atoms with Gasteiger partial charge in [0.15, 0.2) is 0 Å². The maximum Gasteiger partial charge on any atom is 0.442 e. The van der Waals surface area contributed by atoms with Crippen LogP contribution in [0.5, 0.6) is 0 Å². The molecule has 10 heteroatoms. The Morgan fingerprint density at radius 2 is 2.25 bits per heavy atom. The monoisotopic (exact) mass is 310 g/mol. The number of carbonyl (C=O) groups excluding carboxylic acids is 1. The minimum atomic E-state index is -4.41. The Morgan fingerprint density at radius 1 is 1.50 bits per heavy atom. The van der Waals surface area contributed by atoms with E-state index in [-0.39, 0.29) is 23.5 Å². The molecule has 0 saturated carbocycles. The maximum absolute atomic E-state index is 12.0. The molecule has 2 rings (SSSR count). The zero-order valence-corrected chi connectivity index (χ0v) is 11.2. The Hall–Kier alpha value is -1.45. The lowest BCUT2D eigenvalue weighted by Crippen LogP contribution is -2.37. The van der Waals surface area contributed by atoms with Gasteiger partial charge in [0.1, 0.15) is 5.82 Å². The van der Waals surface area contributed by atoms with Gasteiger partial charge in [-0.1, -0.05) is 0 Å². The topological polar surface area (TPSA) is 79.8 Å². The van der Waals surface area contributed by atoms with E-state index in [1.165, 1.54) is 4.57 Å². The van der Waals surface area contributed by atoms with Crippen LogP contribution >= 0.6 is 11.8 Å². The molecule has 0 saturated heterocycles. The second-order valence-corrected chi connectivity index (χ2v) is 5.46. The Labute approximate surface area is 116 Å². The number of nitrogens with one attached hydrogen (secondary N) is 2. The Morgan fingerprint density at radius 3 is 2.95 bits per heavy atom. The van der Waals surface area contributed by atoms with Crippen molar-refractivity contribution in [1.29, 1.82) is 0 Å². The summed E-state index contributed by atoms with van der Waals surface area (Å²) in [6.45, 7) is 0.391. The Balaban J connectivity index is 1.84. The molecule has 1 aromatic heterocycles. The van der Waals surface area contributed by atoms with Gasteiger partial charge in [0, 0.05) is 19.0 Å². The number of H-pyrrole nitrogens is 1. The average Bonchev–Trinajstić information content (AvgIpc) is 2.58. The van der Waals surface area contributed by atoms with E-state index >= 15 is 0 Å². The summed E-state index contributed by atoms with van der Waals surface area (Å²) in [4.78, 5) is 22.8. The first-order valence-corrected chi connectivity index (χ1v) is 6.98. The van der Waals surface area contributed by atoms with E-state index in [0.717, 1.165) is 0 Å². The molecule has 0 radical (unpaired) electrons. The third-order valence-electron chi connectivity index (χ3n) is 2.99. The molecule has 0 aromatic carbocycles. The summed E-state index contributed by atoms with van der Waals surface area (Å²) in [5.41, 5.74) is -4.71. The predicted molar refractivity (Wildman–Crippen MR) is 66.2 cm³/mol. The number of halogens is 3. The van der Waals surface area contributed by atoms with E-state index in [0.29, 0.717) is 31.6 Å². The van der Waals surface area contributed by atoms with Crippen molar-refractivity contribution >= 4 is 17.7 Å². The number of aromatic nitrogens is 3. The van der Waals surface area contributed by atoms with Crippen LogP contribution in [0.4, 0.5) is 13.2 Å². The van der Waals surface area contributed by atoms with Gasteiger partial charge in [0.25, 0.3) is 0 Å². The number of hydrogen-bond donors (Lipinski definition) is 2. The van der Waals surface area contributed by atoms with Gasteiger partial charge in [-0.15, -0.1) is 0 Å².